The number of rotatable bonds is 8. The van der Waals surface area contributed by atoms with Gasteiger partial charge in [0.25, 0.3) is 5.91 Å². The van der Waals surface area contributed by atoms with Gasteiger partial charge < -0.3 is 25.4 Å². The first-order valence-electron chi connectivity index (χ1n) is 12.5. The van der Waals surface area contributed by atoms with E-state index in [-0.39, 0.29) is 55.7 Å². The van der Waals surface area contributed by atoms with Crippen LogP contribution in [0.25, 0.3) is 0 Å². The van der Waals surface area contributed by atoms with E-state index in [0.29, 0.717) is 29.4 Å². The first-order chi connectivity index (χ1) is 18.1. The molecule has 38 heavy (non-hydrogen) atoms. The molecule has 1 aliphatic carbocycles. The summed E-state index contributed by atoms with van der Waals surface area (Å²) in [4.78, 5) is 33.0. The SMILES string of the molecule is Cc1cc(C(=O)N2[C@@H](C(=O)NC(c3ccc(C(F)(F)F)cc3F)C3COC3)C[C@H]3C[C@H]32)c(NCCO)cn1. The third-order valence-corrected chi connectivity index (χ3v) is 7.44. The molecule has 3 N–H and O–H groups in total. The highest BCUT2D eigenvalue weighted by atomic mass is 19.4. The maximum atomic E-state index is 14.9. The maximum absolute atomic E-state index is 14.9. The van der Waals surface area contributed by atoms with Gasteiger partial charge in [0, 0.05) is 29.8 Å². The highest BCUT2D eigenvalue weighted by Crippen LogP contribution is 2.49. The molecule has 2 aliphatic heterocycles. The summed E-state index contributed by atoms with van der Waals surface area (Å²) in [6, 6.07) is 2.08. The number of aromatic nitrogens is 1. The monoisotopic (exact) mass is 536 g/mol. The van der Waals surface area contributed by atoms with Crippen LogP contribution in [0.2, 0.25) is 0 Å². The molecule has 1 saturated carbocycles. The van der Waals surface area contributed by atoms with Gasteiger partial charge in [0.15, 0.2) is 0 Å². The average Bonchev–Trinajstić information content (AvgIpc) is 3.50. The molecule has 0 spiro atoms. The van der Waals surface area contributed by atoms with Crippen LogP contribution >= 0.6 is 0 Å². The highest BCUT2D eigenvalue weighted by molar-refractivity contribution is 6.02. The molecule has 204 valence electrons. The Bertz CT molecular complexity index is 1240. The first kappa shape index (κ1) is 26.4. The lowest BCUT2D eigenvalue weighted by molar-refractivity contribution is -0.138. The average molecular weight is 537 g/mol. The summed E-state index contributed by atoms with van der Waals surface area (Å²) in [7, 11) is 0. The summed E-state index contributed by atoms with van der Waals surface area (Å²) in [5.74, 6) is -2.06. The number of nitrogens with one attached hydrogen (secondary N) is 2. The smallest absolute Gasteiger partial charge is 0.395 e. The summed E-state index contributed by atoms with van der Waals surface area (Å²) in [5.41, 5.74) is 0.210. The van der Waals surface area contributed by atoms with Crippen molar-refractivity contribution in [2.75, 3.05) is 31.7 Å². The van der Waals surface area contributed by atoms with Crippen LogP contribution < -0.4 is 10.6 Å². The van der Waals surface area contributed by atoms with Gasteiger partial charge in [-0.3, -0.25) is 14.6 Å². The van der Waals surface area contributed by atoms with E-state index in [1.54, 1.807) is 17.9 Å². The first-order valence-corrected chi connectivity index (χ1v) is 12.5. The van der Waals surface area contributed by atoms with E-state index in [4.69, 9.17) is 4.74 Å². The van der Waals surface area contributed by atoms with Crippen LogP contribution in [0.15, 0.2) is 30.5 Å². The minimum atomic E-state index is -4.69. The molecule has 2 amide bonds. The Morgan fingerprint density at radius 3 is 2.63 bits per heavy atom. The van der Waals surface area contributed by atoms with Crippen molar-refractivity contribution in [3.05, 3.63) is 58.7 Å². The molecule has 1 aromatic carbocycles. The number of hydrogen-bond donors (Lipinski definition) is 3. The number of alkyl halides is 3. The lowest BCUT2D eigenvalue weighted by atomic mass is 9.90. The Balaban J connectivity index is 1.39. The minimum absolute atomic E-state index is 0.0547. The third kappa shape index (κ3) is 5.06. The quantitative estimate of drug-likeness (QED) is 0.448. The van der Waals surface area contributed by atoms with Gasteiger partial charge in [0.05, 0.1) is 48.9 Å². The Kier molecular flexibility index (Phi) is 7.03. The molecule has 12 heteroatoms. The topological polar surface area (TPSA) is 104 Å². The van der Waals surface area contributed by atoms with Crippen LogP contribution in [0.5, 0.6) is 0 Å². The maximum Gasteiger partial charge on any atom is 0.416 e. The Labute approximate surface area is 216 Å². The number of halogens is 4. The number of ether oxygens (including phenoxy) is 1. The summed E-state index contributed by atoms with van der Waals surface area (Å²) in [6.45, 7) is 2.25. The second-order valence-corrected chi connectivity index (χ2v) is 10.1. The van der Waals surface area contributed by atoms with Crippen molar-refractivity contribution in [1.29, 1.82) is 0 Å². The van der Waals surface area contributed by atoms with Crippen LogP contribution in [0.3, 0.4) is 0 Å². The second kappa shape index (κ2) is 10.1. The van der Waals surface area contributed by atoms with Crippen molar-refractivity contribution >= 4 is 17.5 Å². The number of aliphatic hydroxyl groups is 1. The lowest BCUT2D eigenvalue weighted by Crippen LogP contribution is -2.51. The summed E-state index contributed by atoms with van der Waals surface area (Å²) >= 11 is 0. The largest absolute Gasteiger partial charge is 0.416 e. The molecule has 3 fully saturated rings. The number of nitrogens with zero attached hydrogens (tertiary/aromatic N) is 2. The summed E-state index contributed by atoms with van der Waals surface area (Å²) < 4.78 is 59.3. The predicted octanol–water partition coefficient (Wildman–Crippen LogP) is 3.06. The number of piperidine rings is 1. The van der Waals surface area contributed by atoms with Gasteiger partial charge in [-0.05, 0) is 43.9 Å². The van der Waals surface area contributed by atoms with Crippen molar-refractivity contribution in [3.63, 3.8) is 0 Å². The summed E-state index contributed by atoms with van der Waals surface area (Å²) in [5, 5.41) is 15.0. The number of fused-ring (bicyclic) bond motifs is 1. The molecule has 1 unspecified atom stereocenters. The molecule has 1 aromatic heterocycles. The second-order valence-electron chi connectivity index (χ2n) is 10.1. The molecule has 0 bridgehead atoms. The van der Waals surface area contributed by atoms with E-state index < -0.39 is 35.5 Å². The Morgan fingerprint density at radius 1 is 1.24 bits per heavy atom. The molecular weight excluding hydrogens is 508 g/mol. The van der Waals surface area contributed by atoms with Crippen molar-refractivity contribution < 1.29 is 37.0 Å². The third-order valence-electron chi connectivity index (χ3n) is 7.44. The zero-order valence-electron chi connectivity index (χ0n) is 20.6. The van der Waals surface area contributed by atoms with Gasteiger partial charge in [-0.15, -0.1) is 0 Å². The number of carbonyl (C=O) groups is 2. The zero-order valence-corrected chi connectivity index (χ0v) is 20.6. The van der Waals surface area contributed by atoms with Crippen molar-refractivity contribution in [1.82, 2.24) is 15.2 Å². The van der Waals surface area contributed by atoms with Gasteiger partial charge in [-0.1, -0.05) is 6.07 Å². The number of aliphatic hydroxyl groups excluding tert-OH is 1. The lowest BCUT2D eigenvalue weighted by Gasteiger charge is -2.36. The molecule has 2 aromatic rings. The standard InChI is InChI=1S/C26H28F4N4O4/c1-13-6-18(20(10-32-13)31-4-5-35)25(37)34-21-7-14(21)8-22(34)24(36)33-23(15-11-38-12-15)17-3-2-16(9-19(17)27)26(28,29)30/h2-3,6,9-10,14-15,21-23,31,35H,4-5,7-8,11-12H2,1H3,(H,33,36)/t14-,21-,22-,23?/m1/s1. The molecular formula is C26H28F4N4O4. The van der Waals surface area contributed by atoms with Crippen LogP contribution in [0.1, 0.15) is 46.1 Å². The van der Waals surface area contributed by atoms with E-state index in [2.05, 4.69) is 15.6 Å². The van der Waals surface area contributed by atoms with E-state index in [0.717, 1.165) is 18.6 Å². The fourth-order valence-corrected chi connectivity index (χ4v) is 5.29. The number of hydrogen-bond acceptors (Lipinski definition) is 6. The highest BCUT2D eigenvalue weighted by Gasteiger charge is 2.56. The van der Waals surface area contributed by atoms with E-state index in [9.17, 15) is 32.3 Å². The van der Waals surface area contributed by atoms with Crippen molar-refractivity contribution in [3.8, 4) is 0 Å². The van der Waals surface area contributed by atoms with Gasteiger partial charge in [0.1, 0.15) is 11.9 Å². The number of pyridine rings is 1. The van der Waals surface area contributed by atoms with Crippen LogP contribution in [-0.4, -0.2) is 65.3 Å². The summed E-state index contributed by atoms with van der Waals surface area (Å²) in [6.07, 6.45) is -1.98. The van der Waals surface area contributed by atoms with Crippen LogP contribution in [-0.2, 0) is 15.7 Å². The van der Waals surface area contributed by atoms with Crippen molar-refractivity contribution in [2.24, 2.45) is 11.8 Å². The zero-order chi connectivity index (χ0) is 27.2. The Hall–Kier alpha value is -3.25. The van der Waals surface area contributed by atoms with Gasteiger partial charge >= 0.3 is 6.18 Å². The van der Waals surface area contributed by atoms with Crippen molar-refractivity contribution in [2.45, 2.75) is 44.1 Å². The Morgan fingerprint density at radius 2 is 2.00 bits per heavy atom. The van der Waals surface area contributed by atoms with Gasteiger partial charge in [-0.2, -0.15) is 13.2 Å². The molecule has 4 atom stereocenters. The van der Waals surface area contributed by atoms with E-state index >= 15 is 0 Å². The fraction of sp³-hybridized carbons (Fsp3) is 0.500. The number of amides is 2. The number of likely N-dealkylation sites (tertiary alicyclic amines) is 1. The number of benzene rings is 1. The van der Waals surface area contributed by atoms with Gasteiger partial charge in [0.2, 0.25) is 5.91 Å². The molecule has 3 aliphatic rings. The fourth-order valence-electron chi connectivity index (χ4n) is 5.29. The normalized spacial score (nSPS) is 23.4. The number of carbonyl (C=O) groups excluding carboxylic acids is 2. The van der Waals surface area contributed by atoms with Crippen LogP contribution in [0, 0.1) is 24.6 Å². The van der Waals surface area contributed by atoms with Gasteiger partial charge in [-0.25, -0.2) is 4.39 Å². The predicted molar refractivity (Wildman–Crippen MR) is 128 cm³/mol. The number of anilines is 1. The molecule has 0 radical (unpaired) electrons. The van der Waals surface area contributed by atoms with E-state index in [1.165, 1.54) is 6.20 Å². The van der Waals surface area contributed by atoms with E-state index in [1.807, 2.05) is 0 Å². The molecule has 3 heterocycles. The molecule has 2 saturated heterocycles. The number of aryl methyl sites for hydroxylation is 1. The molecule has 8 nitrogen and oxygen atoms in total. The minimum Gasteiger partial charge on any atom is -0.395 e. The molecule has 5 rings (SSSR count). The van der Waals surface area contributed by atoms with Crippen LogP contribution in [0.4, 0.5) is 23.2 Å².